The Morgan fingerprint density at radius 3 is 2.24 bits per heavy atom. The van der Waals surface area contributed by atoms with Crippen molar-refractivity contribution in [2.75, 3.05) is 19.6 Å². The van der Waals surface area contributed by atoms with Crippen LogP contribution in [0.25, 0.3) is 10.9 Å². The summed E-state index contributed by atoms with van der Waals surface area (Å²) >= 11 is 1.04. The number of rotatable bonds is 8. The standard InChI is InChI=1S/C21H14N4O3S2.C6H15N/c22-13-16(20-23-17-10-5-4-9-15(17)21(26)24-20)19(14-7-2-1-3-8-14)25-30(27,28)18-11-6-12-29-18;1-4-7(5-2)6-3/h1-12,16H,(H,23,24,26);4-6H2,1-3H3/b25-19+;. The van der Waals surface area contributed by atoms with Crippen molar-refractivity contribution in [2.24, 2.45) is 4.40 Å². The first-order valence-corrected chi connectivity index (χ1v) is 14.2. The van der Waals surface area contributed by atoms with E-state index < -0.39 is 21.5 Å². The average Bonchev–Trinajstić information content (AvgIpc) is 3.47. The molecule has 0 bridgehead atoms. The maximum atomic E-state index is 12.8. The fourth-order valence-electron chi connectivity index (χ4n) is 3.63. The van der Waals surface area contributed by atoms with Crippen LogP contribution in [0.5, 0.6) is 0 Å². The molecule has 4 aromatic rings. The molecular weight excluding hydrogens is 506 g/mol. The predicted molar refractivity (Wildman–Crippen MR) is 149 cm³/mol. The third-order valence-corrected chi connectivity index (χ3v) is 8.35. The average molecular weight is 536 g/mol. The lowest BCUT2D eigenvalue weighted by Gasteiger charge is -2.13. The summed E-state index contributed by atoms with van der Waals surface area (Å²) in [5.41, 5.74) is 0.430. The molecule has 1 N–H and O–H groups in total. The molecule has 0 saturated carbocycles. The number of fused-ring (bicyclic) bond motifs is 1. The largest absolute Gasteiger partial charge is 0.309 e. The van der Waals surface area contributed by atoms with Crippen molar-refractivity contribution in [3.05, 3.63) is 93.9 Å². The van der Waals surface area contributed by atoms with Gasteiger partial charge in [-0.1, -0.05) is 69.3 Å². The maximum Gasteiger partial charge on any atom is 0.292 e. The smallest absolute Gasteiger partial charge is 0.292 e. The Hall–Kier alpha value is -3.65. The van der Waals surface area contributed by atoms with Crippen LogP contribution in [0.1, 0.15) is 38.1 Å². The van der Waals surface area contributed by atoms with E-state index in [9.17, 15) is 18.5 Å². The van der Waals surface area contributed by atoms with Crippen molar-refractivity contribution in [1.82, 2.24) is 14.9 Å². The summed E-state index contributed by atoms with van der Waals surface area (Å²) in [6.45, 7) is 10.1. The molecule has 0 radical (unpaired) electrons. The summed E-state index contributed by atoms with van der Waals surface area (Å²) in [7, 11) is -4.04. The van der Waals surface area contributed by atoms with E-state index in [2.05, 4.69) is 46.1 Å². The summed E-state index contributed by atoms with van der Waals surface area (Å²) in [5.74, 6) is -1.16. The van der Waals surface area contributed by atoms with Gasteiger partial charge in [-0.2, -0.15) is 18.1 Å². The van der Waals surface area contributed by atoms with Crippen molar-refractivity contribution in [3.63, 3.8) is 0 Å². The monoisotopic (exact) mass is 535 g/mol. The molecule has 0 aliphatic carbocycles. The molecule has 2 aromatic heterocycles. The number of hydrogen-bond acceptors (Lipinski definition) is 7. The van der Waals surface area contributed by atoms with Crippen LogP contribution in [0.3, 0.4) is 0 Å². The van der Waals surface area contributed by atoms with Crippen molar-refractivity contribution in [2.45, 2.75) is 30.9 Å². The molecule has 0 aliphatic heterocycles. The number of para-hydroxylation sites is 1. The van der Waals surface area contributed by atoms with Gasteiger partial charge in [-0.15, -0.1) is 11.3 Å². The lowest BCUT2D eigenvalue weighted by molar-refractivity contribution is 0.321. The number of benzene rings is 2. The van der Waals surface area contributed by atoms with Crippen LogP contribution in [-0.4, -0.2) is 48.6 Å². The van der Waals surface area contributed by atoms with E-state index in [0.717, 1.165) is 11.3 Å². The fourth-order valence-corrected chi connectivity index (χ4v) is 5.65. The number of hydrogen-bond donors (Lipinski definition) is 1. The number of nitrogens with one attached hydrogen (secondary N) is 1. The molecule has 37 heavy (non-hydrogen) atoms. The van der Waals surface area contributed by atoms with Gasteiger partial charge < -0.3 is 9.88 Å². The number of nitriles is 1. The van der Waals surface area contributed by atoms with Crippen LogP contribution in [0, 0.1) is 11.3 Å². The van der Waals surface area contributed by atoms with Gasteiger partial charge in [0, 0.05) is 0 Å². The summed E-state index contributed by atoms with van der Waals surface area (Å²) < 4.78 is 29.7. The highest BCUT2D eigenvalue weighted by atomic mass is 32.2. The quantitative estimate of drug-likeness (QED) is 0.323. The zero-order chi connectivity index (χ0) is 26.8. The number of thiophene rings is 1. The first-order valence-electron chi connectivity index (χ1n) is 11.9. The van der Waals surface area contributed by atoms with E-state index in [4.69, 9.17) is 0 Å². The van der Waals surface area contributed by atoms with Crippen LogP contribution in [-0.2, 0) is 10.0 Å². The van der Waals surface area contributed by atoms with E-state index in [1.165, 1.54) is 25.7 Å². The Morgan fingerprint density at radius 1 is 1.03 bits per heavy atom. The zero-order valence-corrected chi connectivity index (χ0v) is 22.6. The third-order valence-electron chi connectivity index (χ3n) is 5.69. The predicted octanol–water partition coefficient (Wildman–Crippen LogP) is 4.82. The summed E-state index contributed by atoms with van der Waals surface area (Å²) in [4.78, 5) is 21.9. The Balaban J connectivity index is 0.000000479. The van der Waals surface area contributed by atoms with Gasteiger partial charge >= 0.3 is 0 Å². The van der Waals surface area contributed by atoms with Crippen molar-refractivity contribution >= 4 is 38.0 Å². The van der Waals surface area contributed by atoms with E-state index >= 15 is 0 Å². The van der Waals surface area contributed by atoms with Gasteiger partial charge in [-0.25, -0.2) is 4.98 Å². The molecule has 10 heteroatoms. The van der Waals surface area contributed by atoms with Gasteiger partial charge in [-0.05, 0) is 48.8 Å². The molecule has 2 aromatic carbocycles. The lowest BCUT2D eigenvalue weighted by atomic mass is 9.97. The topological polar surface area (TPSA) is 119 Å². The summed E-state index contributed by atoms with van der Waals surface area (Å²) in [6, 6.07) is 20.4. The third kappa shape index (κ3) is 6.98. The normalized spacial score (nSPS) is 12.6. The molecule has 0 aliphatic rings. The molecule has 4 rings (SSSR count). The first-order chi connectivity index (χ1) is 17.8. The van der Waals surface area contributed by atoms with Gasteiger partial charge in [-0.3, -0.25) is 4.79 Å². The van der Waals surface area contributed by atoms with Crippen LogP contribution in [0.4, 0.5) is 0 Å². The van der Waals surface area contributed by atoms with Gasteiger partial charge in [0.05, 0.1) is 22.7 Å². The molecule has 1 unspecified atom stereocenters. The maximum absolute atomic E-state index is 12.8. The first kappa shape index (κ1) is 27.9. The van der Waals surface area contributed by atoms with Crippen LogP contribution >= 0.6 is 11.3 Å². The fraction of sp³-hybridized carbons (Fsp3) is 0.259. The molecule has 0 amide bonds. The molecule has 2 heterocycles. The SMILES string of the molecule is CCN(CC)CC.N#CC(/C(=N/S(=O)(=O)c1cccs1)c1ccccc1)c1nc2ccccc2c(=O)[nH]1. The van der Waals surface area contributed by atoms with Crippen LogP contribution in [0.2, 0.25) is 0 Å². The Morgan fingerprint density at radius 2 is 1.68 bits per heavy atom. The number of sulfonamides is 1. The molecular formula is C27H29N5O3S2. The number of nitrogens with zero attached hydrogens (tertiary/aromatic N) is 4. The summed E-state index contributed by atoms with van der Waals surface area (Å²) in [5, 5.41) is 11.9. The van der Waals surface area contributed by atoms with Crippen LogP contribution in [0.15, 0.2) is 85.5 Å². The number of aromatic nitrogens is 2. The minimum Gasteiger partial charge on any atom is -0.309 e. The van der Waals surface area contributed by atoms with Gasteiger partial charge in [0.1, 0.15) is 16.0 Å². The highest BCUT2D eigenvalue weighted by molar-refractivity contribution is 7.92. The van der Waals surface area contributed by atoms with Crippen molar-refractivity contribution in [1.29, 1.82) is 5.26 Å². The second-order valence-electron chi connectivity index (χ2n) is 7.90. The molecule has 0 saturated heterocycles. The highest BCUT2D eigenvalue weighted by Gasteiger charge is 2.26. The Kier molecular flexibility index (Phi) is 9.85. The molecule has 1 atom stereocenters. The van der Waals surface area contributed by atoms with E-state index in [1.807, 2.05) is 0 Å². The Bertz CT molecular complexity index is 1530. The van der Waals surface area contributed by atoms with E-state index in [-0.39, 0.29) is 15.7 Å². The van der Waals surface area contributed by atoms with Crippen molar-refractivity contribution in [3.8, 4) is 6.07 Å². The lowest BCUT2D eigenvalue weighted by Crippen LogP contribution is -2.21. The minimum absolute atomic E-state index is 0.00932. The molecule has 8 nitrogen and oxygen atoms in total. The number of H-pyrrole nitrogens is 1. The van der Waals surface area contributed by atoms with Gasteiger partial charge in [0.2, 0.25) is 0 Å². The second kappa shape index (κ2) is 13.1. The molecule has 192 valence electrons. The van der Waals surface area contributed by atoms with Gasteiger partial charge in [0.15, 0.2) is 0 Å². The Labute approximate surface area is 221 Å². The summed E-state index contributed by atoms with van der Waals surface area (Å²) in [6.07, 6.45) is 0. The van der Waals surface area contributed by atoms with E-state index in [1.54, 1.807) is 66.0 Å². The van der Waals surface area contributed by atoms with Crippen LogP contribution < -0.4 is 5.56 Å². The van der Waals surface area contributed by atoms with E-state index in [0.29, 0.717) is 16.5 Å². The minimum atomic E-state index is -4.04. The number of aromatic amines is 1. The second-order valence-corrected chi connectivity index (χ2v) is 10.7. The highest BCUT2D eigenvalue weighted by Crippen LogP contribution is 2.24. The van der Waals surface area contributed by atoms with Crippen molar-refractivity contribution < 1.29 is 8.42 Å². The molecule has 0 fully saturated rings. The van der Waals surface area contributed by atoms with Gasteiger partial charge in [0.25, 0.3) is 15.6 Å². The zero-order valence-electron chi connectivity index (χ0n) is 21.0. The molecule has 0 spiro atoms.